The smallest absolute Gasteiger partial charge is 0.512 e. The van der Waals surface area contributed by atoms with Crippen LogP contribution in [0.25, 0.3) is 0 Å². The monoisotopic (exact) mass is 278 g/mol. The molecule has 98 valence electrons. The second kappa shape index (κ2) is 6.47. The summed E-state index contributed by atoms with van der Waals surface area (Å²) in [5.74, 6) is 0.900. The number of hydrogen-bond acceptors (Lipinski definition) is 4. The van der Waals surface area contributed by atoms with Gasteiger partial charge in [-0.15, -0.1) is 0 Å². The summed E-state index contributed by atoms with van der Waals surface area (Å²) in [4.78, 5) is 0. The Morgan fingerprint density at radius 2 is 1.68 bits per heavy atom. The molecule has 0 saturated carbocycles. The molecular formula is C13H12BClO4. The zero-order valence-electron chi connectivity index (χ0n) is 9.99. The maximum atomic E-state index is 8.71. The molecule has 0 heterocycles. The van der Waals surface area contributed by atoms with Crippen molar-refractivity contribution in [2.24, 2.45) is 0 Å². The zero-order valence-corrected chi connectivity index (χ0v) is 10.7. The molecule has 0 aromatic heterocycles. The van der Waals surface area contributed by atoms with Crippen molar-refractivity contribution < 1.29 is 19.4 Å². The third-order valence-electron chi connectivity index (χ3n) is 2.37. The number of hydrogen-bond donors (Lipinski definition) is 2. The van der Waals surface area contributed by atoms with Gasteiger partial charge in [-0.05, 0) is 29.8 Å². The molecule has 0 aliphatic heterocycles. The molecule has 2 N–H and O–H groups in total. The third-order valence-corrected chi connectivity index (χ3v) is 2.62. The van der Waals surface area contributed by atoms with Gasteiger partial charge in [0, 0.05) is 11.1 Å². The van der Waals surface area contributed by atoms with Crippen molar-refractivity contribution >= 4 is 18.9 Å². The maximum absolute atomic E-state index is 8.71. The highest BCUT2D eigenvalue weighted by Crippen LogP contribution is 2.21. The standard InChI is InChI=1S/C13H12BClO4/c15-11-6-4-10(5-7-11)9-18-12-2-1-3-13(8-12)19-14(16)17/h1-8,16-17H,9H2. The molecule has 0 spiro atoms. The van der Waals surface area contributed by atoms with Gasteiger partial charge in [0.15, 0.2) is 0 Å². The highest BCUT2D eigenvalue weighted by molar-refractivity contribution is 6.33. The Morgan fingerprint density at radius 3 is 2.37 bits per heavy atom. The number of benzene rings is 2. The van der Waals surface area contributed by atoms with Crippen LogP contribution >= 0.6 is 11.6 Å². The van der Waals surface area contributed by atoms with E-state index >= 15 is 0 Å². The summed E-state index contributed by atoms with van der Waals surface area (Å²) >= 11 is 5.79. The molecule has 0 aliphatic carbocycles. The van der Waals surface area contributed by atoms with Crippen LogP contribution in [0.15, 0.2) is 48.5 Å². The molecule has 2 aromatic rings. The second-order valence-electron chi connectivity index (χ2n) is 3.83. The minimum absolute atomic E-state index is 0.323. The van der Waals surface area contributed by atoms with E-state index in [2.05, 4.69) is 0 Å². The van der Waals surface area contributed by atoms with Crippen LogP contribution in [0.4, 0.5) is 0 Å². The molecule has 19 heavy (non-hydrogen) atoms. The first kappa shape index (κ1) is 13.7. The molecule has 0 unspecified atom stereocenters. The van der Waals surface area contributed by atoms with Gasteiger partial charge in [0.1, 0.15) is 18.1 Å². The van der Waals surface area contributed by atoms with Crippen molar-refractivity contribution in [1.29, 1.82) is 0 Å². The third kappa shape index (κ3) is 4.48. The minimum Gasteiger partial charge on any atom is -0.512 e. The van der Waals surface area contributed by atoms with Crippen LogP contribution in [0.5, 0.6) is 11.5 Å². The van der Waals surface area contributed by atoms with Crippen LogP contribution in [-0.2, 0) is 6.61 Å². The molecule has 0 atom stereocenters. The predicted octanol–water partition coefficient (Wildman–Crippen LogP) is 2.27. The first-order valence-electron chi connectivity index (χ1n) is 5.63. The summed E-state index contributed by atoms with van der Waals surface area (Å²) in [6.07, 6.45) is 0. The molecule has 6 heteroatoms. The Hall–Kier alpha value is -1.69. The van der Waals surface area contributed by atoms with Gasteiger partial charge in [-0.3, -0.25) is 0 Å². The van der Waals surface area contributed by atoms with Crippen molar-refractivity contribution in [3.63, 3.8) is 0 Å². The van der Waals surface area contributed by atoms with Crippen LogP contribution in [0.3, 0.4) is 0 Å². The van der Waals surface area contributed by atoms with Crippen LogP contribution in [0, 0.1) is 0 Å². The topological polar surface area (TPSA) is 58.9 Å². The van der Waals surface area contributed by atoms with Crippen molar-refractivity contribution in [3.05, 3.63) is 59.1 Å². The number of rotatable bonds is 5. The summed E-state index contributed by atoms with van der Waals surface area (Å²) in [7, 11) is -1.84. The average molecular weight is 278 g/mol. The number of ether oxygens (including phenoxy) is 1. The lowest BCUT2D eigenvalue weighted by Crippen LogP contribution is -2.20. The number of halogens is 1. The van der Waals surface area contributed by atoms with Crippen LogP contribution < -0.4 is 9.39 Å². The van der Waals surface area contributed by atoms with E-state index in [1.54, 1.807) is 36.4 Å². The van der Waals surface area contributed by atoms with Gasteiger partial charge in [-0.2, -0.15) is 0 Å². The molecule has 0 aliphatic rings. The molecule has 2 rings (SSSR count). The molecular weight excluding hydrogens is 266 g/mol. The van der Waals surface area contributed by atoms with E-state index in [9.17, 15) is 0 Å². The fourth-order valence-electron chi connectivity index (χ4n) is 1.51. The first-order chi connectivity index (χ1) is 9.13. The quantitative estimate of drug-likeness (QED) is 0.824. The summed E-state index contributed by atoms with van der Waals surface area (Å²) < 4.78 is 10.3. The Bertz CT molecular complexity index is 530. The van der Waals surface area contributed by atoms with Crippen molar-refractivity contribution in [2.75, 3.05) is 0 Å². The van der Waals surface area contributed by atoms with Gasteiger partial charge < -0.3 is 19.4 Å². The van der Waals surface area contributed by atoms with E-state index in [0.717, 1.165) is 5.56 Å². The van der Waals surface area contributed by atoms with Crippen molar-refractivity contribution in [3.8, 4) is 11.5 Å². The van der Waals surface area contributed by atoms with Crippen LogP contribution in [-0.4, -0.2) is 17.4 Å². The van der Waals surface area contributed by atoms with Crippen LogP contribution in [0.1, 0.15) is 5.56 Å². The lowest BCUT2D eigenvalue weighted by atomic mass is 10.2. The molecule has 4 nitrogen and oxygen atoms in total. The van der Waals surface area contributed by atoms with Crippen LogP contribution in [0.2, 0.25) is 5.02 Å². The molecule has 0 amide bonds. The lowest BCUT2D eigenvalue weighted by molar-refractivity contribution is 0.284. The Balaban J connectivity index is 1.97. The zero-order chi connectivity index (χ0) is 13.7. The molecule has 0 fully saturated rings. The van der Waals surface area contributed by atoms with E-state index < -0.39 is 7.32 Å². The SMILES string of the molecule is OB(O)Oc1cccc(OCc2ccc(Cl)cc2)c1. The van der Waals surface area contributed by atoms with Crippen molar-refractivity contribution in [2.45, 2.75) is 6.61 Å². The van der Waals surface area contributed by atoms with Gasteiger partial charge in [0.25, 0.3) is 0 Å². The van der Waals surface area contributed by atoms with E-state index in [4.69, 9.17) is 31.0 Å². The Morgan fingerprint density at radius 1 is 1.00 bits per heavy atom. The Labute approximate surface area is 116 Å². The normalized spacial score (nSPS) is 10.1. The summed E-state index contributed by atoms with van der Waals surface area (Å²) in [6.45, 7) is 0.391. The van der Waals surface area contributed by atoms with Gasteiger partial charge in [0.05, 0.1) is 0 Å². The van der Waals surface area contributed by atoms with E-state index in [1.165, 1.54) is 0 Å². The largest absolute Gasteiger partial charge is 0.707 e. The molecule has 0 radical (unpaired) electrons. The van der Waals surface area contributed by atoms with Crippen molar-refractivity contribution in [1.82, 2.24) is 0 Å². The Kier molecular flexibility index (Phi) is 4.68. The summed E-state index contributed by atoms with van der Waals surface area (Å²) in [6, 6.07) is 14.0. The highest BCUT2D eigenvalue weighted by Gasteiger charge is 2.11. The first-order valence-corrected chi connectivity index (χ1v) is 6.01. The summed E-state index contributed by atoms with van der Waals surface area (Å²) in [5, 5.41) is 18.1. The fraction of sp³-hybridized carbons (Fsp3) is 0.0769. The van der Waals surface area contributed by atoms with Gasteiger partial charge in [-0.1, -0.05) is 29.8 Å². The lowest BCUT2D eigenvalue weighted by Gasteiger charge is -2.09. The molecule has 0 saturated heterocycles. The maximum Gasteiger partial charge on any atom is 0.707 e. The molecule has 0 bridgehead atoms. The summed E-state index contributed by atoms with van der Waals surface area (Å²) in [5.41, 5.74) is 0.984. The highest BCUT2D eigenvalue weighted by atomic mass is 35.5. The van der Waals surface area contributed by atoms with E-state index in [1.807, 2.05) is 12.1 Å². The van der Waals surface area contributed by atoms with Gasteiger partial charge in [-0.25, -0.2) is 0 Å². The van der Waals surface area contributed by atoms with Gasteiger partial charge in [0.2, 0.25) is 0 Å². The minimum atomic E-state index is -1.84. The van der Waals surface area contributed by atoms with E-state index in [0.29, 0.717) is 23.1 Å². The average Bonchev–Trinajstić information content (AvgIpc) is 2.38. The second-order valence-corrected chi connectivity index (χ2v) is 4.27. The predicted molar refractivity (Wildman–Crippen MR) is 73.0 cm³/mol. The van der Waals surface area contributed by atoms with E-state index in [-0.39, 0.29) is 0 Å². The van der Waals surface area contributed by atoms with Gasteiger partial charge >= 0.3 is 7.32 Å². The fourth-order valence-corrected chi connectivity index (χ4v) is 1.63. The molecule has 2 aromatic carbocycles.